The molecule has 0 spiro atoms. The summed E-state index contributed by atoms with van der Waals surface area (Å²) in [5.41, 5.74) is 4.87. The molecule has 4 aromatic rings. The minimum absolute atomic E-state index is 0.299. The van der Waals surface area contributed by atoms with E-state index in [0.29, 0.717) is 17.7 Å². The standard InChI is InChI=1S/C24H17N3O2/c28-24(29)20-8-2-1-7-19(20)17-13-11-16(12-14-17)15-27-22-10-4-6-18-5-3-9-21(23(18)22)25-26-27/h1-14H,15H2,(H,28,29). The summed E-state index contributed by atoms with van der Waals surface area (Å²) in [7, 11) is 0. The summed E-state index contributed by atoms with van der Waals surface area (Å²) in [4.78, 5) is 11.5. The van der Waals surface area contributed by atoms with Gasteiger partial charge in [0, 0.05) is 5.39 Å². The molecule has 0 saturated carbocycles. The molecule has 0 radical (unpaired) electrons. The first-order valence-corrected chi connectivity index (χ1v) is 9.33. The highest BCUT2D eigenvalue weighted by Crippen LogP contribution is 2.39. The van der Waals surface area contributed by atoms with Gasteiger partial charge in [-0.1, -0.05) is 72.0 Å². The molecule has 0 atom stereocenters. The van der Waals surface area contributed by atoms with Gasteiger partial charge in [0.15, 0.2) is 0 Å². The Kier molecular flexibility index (Phi) is 4.06. The van der Waals surface area contributed by atoms with Gasteiger partial charge in [0.25, 0.3) is 0 Å². The minimum Gasteiger partial charge on any atom is -0.478 e. The van der Waals surface area contributed by atoms with E-state index in [1.165, 1.54) is 0 Å². The summed E-state index contributed by atoms with van der Waals surface area (Å²) in [6, 6.07) is 27.2. The maximum Gasteiger partial charge on any atom is 0.336 e. The van der Waals surface area contributed by atoms with Crippen LogP contribution in [0.3, 0.4) is 0 Å². The van der Waals surface area contributed by atoms with E-state index in [9.17, 15) is 9.90 Å². The van der Waals surface area contributed by atoms with Crippen LogP contribution in [0.4, 0.5) is 11.4 Å². The highest BCUT2D eigenvalue weighted by molar-refractivity contribution is 6.03. The Morgan fingerprint density at radius 1 is 0.862 bits per heavy atom. The second-order valence-electron chi connectivity index (χ2n) is 6.95. The third kappa shape index (κ3) is 3.02. The fraction of sp³-hybridized carbons (Fsp3) is 0.0417. The summed E-state index contributed by atoms with van der Waals surface area (Å²) >= 11 is 0. The Labute approximate surface area is 167 Å². The fourth-order valence-electron chi connectivity index (χ4n) is 3.75. The predicted octanol–water partition coefficient (Wildman–Crippen LogP) is 6.22. The Hall–Kier alpha value is -3.99. The van der Waals surface area contributed by atoms with Crippen molar-refractivity contribution in [1.29, 1.82) is 0 Å². The molecule has 5 rings (SSSR count). The number of carbonyl (C=O) groups is 1. The first-order chi connectivity index (χ1) is 14.2. The lowest BCUT2D eigenvalue weighted by molar-refractivity contribution is 0.0697. The van der Waals surface area contributed by atoms with Gasteiger partial charge >= 0.3 is 5.97 Å². The van der Waals surface area contributed by atoms with Gasteiger partial charge in [-0.2, -0.15) is 0 Å². The van der Waals surface area contributed by atoms with Gasteiger partial charge < -0.3 is 5.11 Å². The molecule has 4 aromatic carbocycles. The number of carboxylic acids is 1. The van der Waals surface area contributed by atoms with Crippen LogP contribution in [0, 0.1) is 0 Å². The van der Waals surface area contributed by atoms with Crippen molar-refractivity contribution in [1.82, 2.24) is 0 Å². The first-order valence-electron chi connectivity index (χ1n) is 9.33. The molecule has 5 nitrogen and oxygen atoms in total. The van der Waals surface area contributed by atoms with Crippen molar-refractivity contribution in [2.45, 2.75) is 6.54 Å². The van der Waals surface area contributed by atoms with E-state index in [-0.39, 0.29) is 0 Å². The normalized spacial score (nSPS) is 12.3. The molecule has 1 N–H and O–H groups in total. The van der Waals surface area contributed by atoms with Crippen molar-refractivity contribution in [3.8, 4) is 11.1 Å². The number of aromatic carboxylic acids is 1. The fourth-order valence-corrected chi connectivity index (χ4v) is 3.75. The molecule has 0 bridgehead atoms. The van der Waals surface area contributed by atoms with Gasteiger partial charge in [-0.25, -0.2) is 9.80 Å². The molecule has 140 valence electrons. The Balaban J connectivity index is 1.45. The van der Waals surface area contributed by atoms with Crippen LogP contribution in [0.15, 0.2) is 95.3 Å². The van der Waals surface area contributed by atoms with E-state index in [2.05, 4.69) is 28.5 Å². The highest BCUT2D eigenvalue weighted by atomic mass is 16.4. The molecule has 0 aromatic heterocycles. The van der Waals surface area contributed by atoms with Crippen LogP contribution in [-0.2, 0) is 6.54 Å². The number of hydrogen-bond donors (Lipinski definition) is 1. The van der Waals surface area contributed by atoms with Crippen LogP contribution in [0.5, 0.6) is 0 Å². The number of anilines is 1. The SMILES string of the molecule is O=C(O)c1ccccc1-c1ccc(CN2N=Nc3cccc4cccc2c34)cc1. The van der Waals surface area contributed by atoms with E-state index in [0.717, 1.165) is 33.3 Å². The number of benzene rings is 4. The van der Waals surface area contributed by atoms with E-state index < -0.39 is 5.97 Å². The number of hydrogen-bond acceptors (Lipinski definition) is 4. The molecule has 1 aliphatic heterocycles. The monoisotopic (exact) mass is 379 g/mol. The van der Waals surface area contributed by atoms with Crippen LogP contribution in [0.1, 0.15) is 15.9 Å². The lowest BCUT2D eigenvalue weighted by atomic mass is 9.98. The van der Waals surface area contributed by atoms with Crippen molar-refractivity contribution < 1.29 is 9.90 Å². The maximum atomic E-state index is 11.5. The van der Waals surface area contributed by atoms with Crippen LogP contribution >= 0.6 is 0 Å². The maximum absolute atomic E-state index is 11.5. The van der Waals surface area contributed by atoms with Gasteiger partial charge in [-0.15, -0.1) is 5.11 Å². The minimum atomic E-state index is -0.926. The predicted molar refractivity (Wildman–Crippen MR) is 113 cm³/mol. The molecule has 0 saturated heterocycles. The van der Waals surface area contributed by atoms with E-state index >= 15 is 0 Å². The van der Waals surface area contributed by atoms with Crippen LogP contribution in [0.25, 0.3) is 21.9 Å². The zero-order valence-electron chi connectivity index (χ0n) is 15.5. The molecule has 5 heteroatoms. The Morgan fingerprint density at radius 2 is 1.62 bits per heavy atom. The highest BCUT2D eigenvalue weighted by Gasteiger charge is 2.17. The lowest BCUT2D eigenvalue weighted by Gasteiger charge is -2.23. The average Bonchev–Trinajstić information content (AvgIpc) is 2.76. The van der Waals surface area contributed by atoms with E-state index in [4.69, 9.17) is 0 Å². The van der Waals surface area contributed by atoms with Crippen LogP contribution in [0.2, 0.25) is 0 Å². The van der Waals surface area contributed by atoms with Crippen molar-refractivity contribution in [3.05, 3.63) is 96.1 Å². The smallest absolute Gasteiger partial charge is 0.336 e. The largest absolute Gasteiger partial charge is 0.478 e. The molecule has 0 aliphatic carbocycles. The second-order valence-corrected chi connectivity index (χ2v) is 6.95. The number of carboxylic acid groups (broad SMARTS) is 1. The topological polar surface area (TPSA) is 65.3 Å². The quantitative estimate of drug-likeness (QED) is 0.457. The summed E-state index contributed by atoms with van der Waals surface area (Å²) in [5.74, 6) is -0.926. The van der Waals surface area contributed by atoms with Crippen molar-refractivity contribution in [3.63, 3.8) is 0 Å². The molecular formula is C24H17N3O2. The third-order valence-corrected chi connectivity index (χ3v) is 5.15. The molecule has 0 fully saturated rings. The summed E-state index contributed by atoms with van der Waals surface area (Å²) in [6.45, 7) is 0.581. The molecule has 0 amide bonds. The van der Waals surface area contributed by atoms with Gasteiger partial charge in [0.2, 0.25) is 0 Å². The van der Waals surface area contributed by atoms with Gasteiger partial charge in [-0.05, 0) is 40.3 Å². The van der Waals surface area contributed by atoms with Crippen LogP contribution < -0.4 is 5.01 Å². The number of rotatable bonds is 4. The van der Waals surface area contributed by atoms with Gasteiger partial charge in [0.1, 0.15) is 0 Å². The van der Waals surface area contributed by atoms with E-state index in [1.807, 2.05) is 59.6 Å². The second kappa shape index (κ2) is 6.87. The van der Waals surface area contributed by atoms with Crippen LogP contribution in [-0.4, -0.2) is 11.1 Å². The molecule has 1 heterocycles. The van der Waals surface area contributed by atoms with Gasteiger partial charge in [0.05, 0.1) is 23.5 Å². The van der Waals surface area contributed by atoms with Gasteiger partial charge in [-0.3, -0.25) is 0 Å². The van der Waals surface area contributed by atoms with E-state index in [1.54, 1.807) is 12.1 Å². The molecule has 0 unspecified atom stereocenters. The molecule has 29 heavy (non-hydrogen) atoms. The summed E-state index contributed by atoms with van der Waals surface area (Å²) in [6.07, 6.45) is 0. The van der Waals surface area contributed by atoms with Crippen molar-refractivity contribution in [2.75, 3.05) is 5.01 Å². The zero-order chi connectivity index (χ0) is 19.8. The third-order valence-electron chi connectivity index (χ3n) is 5.15. The average molecular weight is 379 g/mol. The molecule has 1 aliphatic rings. The Morgan fingerprint density at radius 3 is 2.41 bits per heavy atom. The van der Waals surface area contributed by atoms with Crippen molar-refractivity contribution in [2.24, 2.45) is 10.3 Å². The summed E-state index contributed by atoms with van der Waals surface area (Å²) in [5, 5.41) is 22.3. The first kappa shape index (κ1) is 17.1. The molecular weight excluding hydrogens is 362 g/mol. The Bertz CT molecular complexity index is 1260. The van der Waals surface area contributed by atoms with Crippen molar-refractivity contribution >= 4 is 28.1 Å². The zero-order valence-corrected chi connectivity index (χ0v) is 15.5. The lowest BCUT2D eigenvalue weighted by Crippen LogP contribution is -2.16. The summed E-state index contributed by atoms with van der Waals surface area (Å²) < 4.78 is 0. The number of nitrogens with zero attached hydrogens (tertiary/aromatic N) is 3.